The Morgan fingerprint density at radius 1 is 1.21 bits per heavy atom. The Morgan fingerprint density at radius 2 is 2.00 bits per heavy atom. The van der Waals surface area contributed by atoms with Gasteiger partial charge in [-0.1, -0.05) is 11.6 Å². The van der Waals surface area contributed by atoms with E-state index in [4.69, 9.17) is 11.6 Å². The molecule has 1 atom stereocenters. The number of hydrogen-bond acceptors (Lipinski definition) is 3. The number of hydrogen-bond donors (Lipinski definition) is 0. The predicted octanol–water partition coefficient (Wildman–Crippen LogP) is 3.19. The first-order chi connectivity index (χ1) is 9.24. The lowest BCUT2D eigenvalue weighted by Gasteiger charge is -2.39. The molecule has 0 N–H and O–H groups in total. The monoisotopic (exact) mass is 279 g/mol. The van der Waals surface area contributed by atoms with Crippen molar-refractivity contribution in [3.63, 3.8) is 0 Å². The van der Waals surface area contributed by atoms with Crippen LogP contribution < -0.4 is 4.90 Å². The molecule has 3 heterocycles. The summed E-state index contributed by atoms with van der Waals surface area (Å²) in [5.41, 5.74) is 1.22. The van der Waals surface area contributed by atoms with Gasteiger partial charge in [-0.05, 0) is 51.3 Å². The van der Waals surface area contributed by atoms with E-state index >= 15 is 0 Å². The fraction of sp³-hybridized carbons (Fsp3) is 0.667. The van der Waals surface area contributed by atoms with Gasteiger partial charge in [0.1, 0.15) is 5.15 Å². The van der Waals surface area contributed by atoms with E-state index in [0.29, 0.717) is 5.15 Å². The highest BCUT2D eigenvalue weighted by Gasteiger charge is 2.30. The highest BCUT2D eigenvalue weighted by Crippen LogP contribution is 2.28. The smallest absolute Gasteiger partial charge is 0.131 e. The number of halogens is 1. The van der Waals surface area contributed by atoms with Crippen molar-refractivity contribution >= 4 is 17.3 Å². The van der Waals surface area contributed by atoms with Crippen molar-refractivity contribution in [2.75, 3.05) is 24.5 Å². The Labute approximate surface area is 120 Å². The summed E-state index contributed by atoms with van der Waals surface area (Å²) in [7, 11) is 0. The molecule has 104 valence electrons. The molecule has 3 rings (SSSR count). The third-order valence-corrected chi connectivity index (χ3v) is 4.82. The van der Waals surface area contributed by atoms with Crippen molar-refractivity contribution in [1.82, 2.24) is 9.88 Å². The SMILES string of the molecule is CC1CCCN1C1CCN(c2ccnc(Cl)c2)CC1. The number of rotatable bonds is 2. The second-order valence-corrected chi connectivity index (χ2v) is 6.17. The zero-order valence-electron chi connectivity index (χ0n) is 11.6. The molecule has 2 fully saturated rings. The van der Waals surface area contributed by atoms with Crippen LogP contribution >= 0.6 is 11.6 Å². The molecular weight excluding hydrogens is 258 g/mol. The van der Waals surface area contributed by atoms with E-state index in [0.717, 1.165) is 25.2 Å². The van der Waals surface area contributed by atoms with Crippen molar-refractivity contribution in [3.8, 4) is 0 Å². The van der Waals surface area contributed by atoms with Crippen molar-refractivity contribution in [3.05, 3.63) is 23.5 Å². The van der Waals surface area contributed by atoms with Gasteiger partial charge in [0, 0.05) is 37.1 Å². The molecule has 0 bridgehead atoms. The van der Waals surface area contributed by atoms with Gasteiger partial charge in [0.05, 0.1) is 0 Å². The fourth-order valence-corrected chi connectivity index (χ4v) is 3.71. The van der Waals surface area contributed by atoms with Crippen LogP contribution in [0.2, 0.25) is 5.15 Å². The molecule has 3 nitrogen and oxygen atoms in total. The lowest BCUT2D eigenvalue weighted by molar-refractivity contribution is 0.163. The molecular formula is C15H22ClN3. The van der Waals surface area contributed by atoms with Crippen LogP contribution in [0.1, 0.15) is 32.6 Å². The van der Waals surface area contributed by atoms with E-state index in [1.54, 1.807) is 6.20 Å². The average Bonchev–Trinajstić information content (AvgIpc) is 2.85. The lowest BCUT2D eigenvalue weighted by atomic mass is 10.0. The van der Waals surface area contributed by atoms with E-state index < -0.39 is 0 Å². The van der Waals surface area contributed by atoms with Gasteiger partial charge in [-0.25, -0.2) is 4.98 Å². The molecule has 4 heteroatoms. The third-order valence-electron chi connectivity index (χ3n) is 4.61. The molecule has 0 aliphatic carbocycles. The largest absolute Gasteiger partial charge is 0.371 e. The normalized spacial score (nSPS) is 26.0. The second-order valence-electron chi connectivity index (χ2n) is 5.78. The Hall–Kier alpha value is -0.800. The van der Waals surface area contributed by atoms with Gasteiger partial charge >= 0.3 is 0 Å². The first kappa shape index (κ1) is 13.2. The standard InChI is InChI=1S/C15H22ClN3/c1-12-3-2-8-19(12)13-5-9-18(10-6-13)14-4-7-17-15(16)11-14/h4,7,11-13H,2-3,5-6,8-10H2,1H3. The van der Waals surface area contributed by atoms with Crippen molar-refractivity contribution in [2.24, 2.45) is 0 Å². The first-order valence-electron chi connectivity index (χ1n) is 7.36. The van der Waals surface area contributed by atoms with Gasteiger partial charge in [-0.2, -0.15) is 0 Å². The summed E-state index contributed by atoms with van der Waals surface area (Å²) < 4.78 is 0. The predicted molar refractivity (Wildman–Crippen MR) is 79.9 cm³/mol. The van der Waals surface area contributed by atoms with Crippen LogP contribution in [0, 0.1) is 0 Å². The summed E-state index contributed by atoms with van der Waals surface area (Å²) in [4.78, 5) is 9.21. The van der Waals surface area contributed by atoms with Gasteiger partial charge in [0.15, 0.2) is 0 Å². The maximum absolute atomic E-state index is 5.97. The molecule has 0 aromatic carbocycles. The van der Waals surface area contributed by atoms with Crippen molar-refractivity contribution < 1.29 is 0 Å². The Kier molecular flexibility index (Phi) is 3.94. The fourth-order valence-electron chi connectivity index (χ4n) is 3.54. The molecule has 0 amide bonds. The summed E-state index contributed by atoms with van der Waals surface area (Å²) in [5, 5.41) is 0.591. The van der Waals surface area contributed by atoms with E-state index in [2.05, 4.69) is 27.8 Å². The third kappa shape index (κ3) is 2.87. The number of likely N-dealkylation sites (tertiary alicyclic amines) is 1. The second kappa shape index (κ2) is 5.68. The maximum atomic E-state index is 5.97. The van der Waals surface area contributed by atoms with Crippen LogP contribution in [0.5, 0.6) is 0 Å². The first-order valence-corrected chi connectivity index (χ1v) is 7.74. The molecule has 2 saturated heterocycles. The molecule has 2 aliphatic rings. The number of aromatic nitrogens is 1. The van der Waals surface area contributed by atoms with Crippen LogP contribution in [0.15, 0.2) is 18.3 Å². The zero-order chi connectivity index (χ0) is 13.2. The highest BCUT2D eigenvalue weighted by molar-refractivity contribution is 6.29. The summed E-state index contributed by atoms with van der Waals surface area (Å²) in [5.74, 6) is 0. The van der Waals surface area contributed by atoms with Gasteiger partial charge < -0.3 is 4.90 Å². The number of piperidine rings is 1. The minimum Gasteiger partial charge on any atom is -0.371 e. The van der Waals surface area contributed by atoms with E-state index in [9.17, 15) is 0 Å². The topological polar surface area (TPSA) is 19.4 Å². The van der Waals surface area contributed by atoms with Crippen LogP contribution in [0.3, 0.4) is 0 Å². The molecule has 0 radical (unpaired) electrons. The zero-order valence-corrected chi connectivity index (χ0v) is 12.3. The summed E-state index contributed by atoms with van der Waals surface area (Å²) in [6.07, 6.45) is 7.09. The van der Waals surface area contributed by atoms with Crippen LogP contribution in [-0.2, 0) is 0 Å². The van der Waals surface area contributed by atoms with Crippen molar-refractivity contribution in [1.29, 1.82) is 0 Å². The number of anilines is 1. The Balaban J connectivity index is 1.60. The van der Waals surface area contributed by atoms with E-state index in [1.165, 1.54) is 37.9 Å². The van der Waals surface area contributed by atoms with Gasteiger partial charge in [0.2, 0.25) is 0 Å². The minimum absolute atomic E-state index is 0.591. The van der Waals surface area contributed by atoms with Crippen LogP contribution in [0.4, 0.5) is 5.69 Å². The van der Waals surface area contributed by atoms with E-state index in [1.807, 2.05) is 6.07 Å². The minimum atomic E-state index is 0.591. The average molecular weight is 280 g/mol. The molecule has 0 spiro atoms. The molecule has 19 heavy (non-hydrogen) atoms. The summed E-state index contributed by atoms with van der Waals surface area (Å²) in [6, 6.07) is 5.60. The van der Waals surface area contributed by atoms with E-state index in [-0.39, 0.29) is 0 Å². The van der Waals surface area contributed by atoms with Crippen LogP contribution in [0.25, 0.3) is 0 Å². The molecule has 1 aromatic rings. The molecule has 0 saturated carbocycles. The lowest BCUT2D eigenvalue weighted by Crippen LogP contribution is -2.46. The van der Waals surface area contributed by atoms with Crippen LogP contribution in [-0.4, -0.2) is 41.6 Å². The summed E-state index contributed by atoms with van der Waals surface area (Å²) in [6.45, 7) is 5.94. The molecule has 2 aliphatic heterocycles. The van der Waals surface area contributed by atoms with Gasteiger partial charge in [0.25, 0.3) is 0 Å². The molecule has 1 aromatic heterocycles. The highest BCUT2D eigenvalue weighted by atomic mass is 35.5. The van der Waals surface area contributed by atoms with Gasteiger partial charge in [-0.15, -0.1) is 0 Å². The van der Waals surface area contributed by atoms with Crippen molar-refractivity contribution in [2.45, 2.75) is 44.7 Å². The maximum Gasteiger partial charge on any atom is 0.131 e. The summed E-state index contributed by atoms with van der Waals surface area (Å²) >= 11 is 5.97. The molecule has 1 unspecified atom stereocenters. The Morgan fingerprint density at radius 3 is 2.63 bits per heavy atom. The Bertz CT molecular complexity index is 429. The number of pyridine rings is 1. The quantitative estimate of drug-likeness (QED) is 0.775. The number of nitrogens with zero attached hydrogens (tertiary/aromatic N) is 3. The van der Waals surface area contributed by atoms with Gasteiger partial charge in [-0.3, -0.25) is 4.90 Å².